The largest absolute Gasteiger partial charge is 0.341 e. The van der Waals surface area contributed by atoms with E-state index in [2.05, 4.69) is 9.80 Å². The Labute approximate surface area is 147 Å². The Kier molecular flexibility index (Phi) is 8.47. The van der Waals surface area contributed by atoms with E-state index < -0.39 is 0 Å². The lowest BCUT2D eigenvalue weighted by Gasteiger charge is -2.37. The lowest BCUT2D eigenvalue weighted by Crippen LogP contribution is -2.52. The Hall–Kier alpha value is -0.0300. The molecule has 0 aromatic carbocycles. The highest BCUT2D eigenvalue weighted by atomic mass is 35.5. The van der Waals surface area contributed by atoms with Crippen molar-refractivity contribution in [3.63, 3.8) is 0 Å². The molecule has 3 aliphatic rings. The minimum absolute atomic E-state index is 0. The van der Waals surface area contributed by atoms with E-state index in [1.165, 1.54) is 44.9 Å². The van der Waals surface area contributed by atoms with Crippen molar-refractivity contribution in [1.29, 1.82) is 0 Å². The van der Waals surface area contributed by atoms with Gasteiger partial charge in [0.25, 0.3) is 0 Å². The number of carbonyl (C=O) groups excluding carboxylic acids is 1. The van der Waals surface area contributed by atoms with Gasteiger partial charge in [0.1, 0.15) is 0 Å². The fourth-order valence-electron chi connectivity index (χ4n) is 4.23. The third kappa shape index (κ3) is 4.73. The fraction of sp³-hybridized carbons (Fsp3) is 0.938. The summed E-state index contributed by atoms with van der Waals surface area (Å²) in [5.74, 6) is 1.46. The molecule has 0 aromatic heterocycles. The van der Waals surface area contributed by atoms with Crippen molar-refractivity contribution in [3.05, 3.63) is 0 Å². The van der Waals surface area contributed by atoms with Crippen molar-refractivity contribution < 1.29 is 4.79 Å². The van der Waals surface area contributed by atoms with Gasteiger partial charge < -0.3 is 10.6 Å². The normalized spacial score (nSPS) is 32.4. The number of halogens is 2. The first kappa shape index (κ1) is 20.0. The van der Waals surface area contributed by atoms with Gasteiger partial charge in [0.2, 0.25) is 5.91 Å². The Morgan fingerprint density at radius 1 is 0.909 bits per heavy atom. The van der Waals surface area contributed by atoms with Crippen LogP contribution in [0.5, 0.6) is 0 Å². The first-order valence-electron chi connectivity index (χ1n) is 8.50. The predicted molar refractivity (Wildman–Crippen MR) is 94.8 cm³/mol. The molecule has 0 spiro atoms. The van der Waals surface area contributed by atoms with E-state index in [-0.39, 0.29) is 24.8 Å². The molecule has 3 rings (SSSR count). The van der Waals surface area contributed by atoms with E-state index in [9.17, 15) is 4.79 Å². The van der Waals surface area contributed by atoms with Gasteiger partial charge >= 0.3 is 0 Å². The molecule has 2 heterocycles. The fourth-order valence-corrected chi connectivity index (χ4v) is 4.23. The monoisotopic (exact) mass is 351 g/mol. The van der Waals surface area contributed by atoms with Gasteiger partial charge in [-0.25, -0.2) is 0 Å². The summed E-state index contributed by atoms with van der Waals surface area (Å²) in [6, 6.07) is 0.348. The predicted octanol–water partition coefficient (Wildman–Crippen LogP) is 2.29. The second kappa shape index (κ2) is 9.31. The number of piperidine rings is 1. The molecule has 1 saturated carbocycles. The SMILES string of the molecule is Cl.Cl.NC1[C@@H]2CC[C@H]1CN(C(=O)CN1CCCCCCC1)C2. The molecule has 0 aromatic rings. The first-order chi connectivity index (χ1) is 9.74. The third-order valence-electron chi connectivity index (χ3n) is 5.57. The van der Waals surface area contributed by atoms with Crippen LogP contribution >= 0.6 is 24.8 Å². The van der Waals surface area contributed by atoms with Crippen LogP contribution in [0.2, 0.25) is 0 Å². The summed E-state index contributed by atoms with van der Waals surface area (Å²) in [6.07, 6.45) is 8.97. The zero-order valence-corrected chi connectivity index (χ0v) is 15.0. The highest BCUT2D eigenvalue weighted by molar-refractivity contribution is 5.85. The second-order valence-electron chi connectivity index (χ2n) is 7.02. The zero-order valence-electron chi connectivity index (χ0n) is 13.4. The molecule has 0 radical (unpaired) electrons. The lowest BCUT2D eigenvalue weighted by molar-refractivity contribution is -0.134. The van der Waals surface area contributed by atoms with Crippen LogP contribution in [0, 0.1) is 11.8 Å². The topological polar surface area (TPSA) is 49.6 Å². The molecule has 1 aliphatic carbocycles. The van der Waals surface area contributed by atoms with E-state index in [1.807, 2.05) is 0 Å². The van der Waals surface area contributed by atoms with Crippen molar-refractivity contribution in [1.82, 2.24) is 9.80 Å². The minimum atomic E-state index is 0. The summed E-state index contributed by atoms with van der Waals surface area (Å²) in [7, 11) is 0. The smallest absolute Gasteiger partial charge is 0.236 e. The zero-order chi connectivity index (χ0) is 13.9. The molecule has 22 heavy (non-hydrogen) atoms. The van der Waals surface area contributed by atoms with Gasteiger partial charge in [-0.3, -0.25) is 9.69 Å². The van der Waals surface area contributed by atoms with Crippen LogP contribution in [-0.4, -0.2) is 54.5 Å². The van der Waals surface area contributed by atoms with Gasteiger partial charge in [-0.15, -0.1) is 24.8 Å². The molecular formula is C16H31Cl2N3O. The quantitative estimate of drug-likeness (QED) is 0.830. The summed E-state index contributed by atoms with van der Waals surface area (Å²) >= 11 is 0. The van der Waals surface area contributed by atoms with Gasteiger partial charge in [-0.2, -0.15) is 0 Å². The molecule has 1 unspecified atom stereocenters. The minimum Gasteiger partial charge on any atom is -0.341 e. The molecule has 130 valence electrons. The van der Waals surface area contributed by atoms with E-state index in [0.717, 1.165) is 26.2 Å². The summed E-state index contributed by atoms with van der Waals surface area (Å²) in [4.78, 5) is 17.0. The van der Waals surface area contributed by atoms with Gasteiger partial charge in [0.15, 0.2) is 0 Å². The number of nitrogens with zero attached hydrogens (tertiary/aromatic N) is 2. The van der Waals surface area contributed by atoms with Crippen LogP contribution in [0.25, 0.3) is 0 Å². The number of rotatable bonds is 2. The Morgan fingerprint density at radius 3 is 1.95 bits per heavy atom. The number of likely N-dealkylation sites (tertiary alicyclic amines) is 2. The maximum absolute atomic E-state index is 12.5. The molecule has 3 atom stereocenters. The maximum Gasteiger partial charge on any atom is 0.236 e. The van der Waals surface area contributed by atoms with E-state index in [4.69, 9.17) is 5.73 Å². The van der Waals surface area contributed by atoms with Crippen LogP contribution in [0.15, 0.2) is 0 Å². The van der Waals surface area contributed by atoms with E-state index in [1.54, 1.807) is 0 Å². The Bertz CT molecular complexity index is 334. The molecule has 2 saturated heterocycles. The van der Waals surface area contributed by atoms with Crippen LogP contribution in [0.4, 0.5) is 0 Å². The van der Waals surface area contributed by atoms with Crippen molar-refractivity contribution >= 4 is 30.7 Å². The number of nitrogens with two attached hydrogens (primary N) is 1. The highest BCUT2D eigenvalue weighted by Gasteiger charge is 2.41. The summed E-state index contributed by atoms with van der Waals surface area (Å²) in [6.45, 7) is 4.65. The van der Waals surface area contributed by atoms with Crippen molar-refractivity contribution in [2.45, 2.75) is 51.0 Å². The number of hydrogen-bond acceptors (Lipinski definition) is 3. The summed E-state index contributed by atoms with van der Waals surface area (Å²) < 4.78 is 0. The lowest BCUT2D eigenvalue weighted by atomic mass is 9.93. The molecule has 3 fully saturated rings. The van der Waals surface area contributed by atoms with E-state index in [0.29, 0.717) is 30.3 Å². The molecule has 2 aliphatic heterocycles. The molecular weight excluding hydrogens is 321 g/mol. The molecule has 4 nitrogen and oxygen atoms in total. The number of carbonyl (C=O) groups is 1. The van der Waals surface area contributed by atoms with Gasteiger partial charge in [-0.05, 0) is 50.6 Å². The second-order valence-corrected chi connectivity index (χ2v) is 7.02. The molecule has 2 bridgehead atoms. The number of hydrogen-bond donors (Lipinski definition) is 1. The average molecular weight is 352 g/mol. The van der Waals surface area contributed by atoms with Crippen LogP contribution in [0.3, 0.4) is 0 Å². The van der Waals surface area contributed by atoms with Crippen LogP contribution in [0.1, 0.15) is 44.9 Å². The standard InChI is InChI=1S/C16H29N3O.2ClH/c17-16-13-6-7-14(16)11-19(10-13)15(20)12-18-8-4-2-1-3-5-9-18;;/h13-14,16H,1-12,17H2;2*1H/t13-,14+,16?;;. The van der Waals surface area contributed by atoms with Gasteiger partial charge in [0.05, 0.1) is 6.54 Å². The molecule has 6 heteroatoms. The number of amides is 1. The number of fused-ring (bicyclic) bond motifs is 2. The highest BCUT2D eigenvalue weighted by Crippen LogP contribution is 2.35. The first-order valence-corrected chi connectivity index (χ1v) is 8.50. The summed E-state index contributed by atoms with van der Waals surface area (Å²) in [5, 5.41) is 0. The van der Waals surface area contributed by atoms with Gasteiger partial charge in [0, 0.05) is 19.1 Å². The molecule has 1 amide bonds. The Balaban J connectivity index is 0.00000121. The van der Waals surface area contributed by atoms with Crippen molar-refractivity contribution in [2.24, 2.45) is 17.6 Å². The van der Waals surface area contributed by atoms with E-state index >= 15 is 0 Å². The Morgan fingerprint density at radius 2 is 1.41 bits per heavy atom. The summed E-state index contributed by atoms with van der Waals surface area (Å²) in [5.41, 5.74) is 6.22. The third-order valence-corrected chi connectivity index (χ3v) is 5.57. The van der Waals surface area contributed by atoms with Crippen LogP contribution in [-0.2, 0) is 4.79 Å². The van der Waals surface area contributed by atoms with Gasteiger partial charge in [-0.1, -0.05) is 19.3 Å². The molecule has 2 N–H and O–H groups in total. The average Bonchev–Trinajstić information content (AvgIpc) is 2.64. The van der Waals surface area contributed by atoms with Crippen LogP contribution < -0.4 is 5.73 Å². The maximum atomic E-state index is 12.5. The van der Waals surface area contributed by atoms with Crippen molar-refractivity contribution in [2.75, 3.05) is 32.7 Å². The van der Waals surface area contributed by atoms with Crippen molar-refractivity contribution in [3.8, 4) is 0 Å².